The van der Waals surface area contributed by atoms with E-state index < -0.39 is 0 Å². The van der Waals surface area contributed by atoms with Crippen molar-refractivity contribution in [2.24, 2.45) is 7.05 Å². The van der Waals surface area contributed by atoms with Crippen LogP contribution >= 0.6 is 11.6 Å². The first-order chi connectivity index (χ1) is 9.52. The average molecular weight is 294 g/mol. The molecule has 0 aliphatic carbocycles. The summed E-state index contributed by atoms with van der Waals surface area (Å²) in [6, 6.07) is 6.18. The molecule has 1 N–H and O–H groups in total. The summed E-state index contributed by atoms with van der Waals surface area (Å²) in [6.07, 6.45) is 0. The van der Waals surface area contributed by atoms with Crippen LogP contribution in [0.15, 0.2) is 18.2 Å². The summed E-state index contributed by atoms with van der Waals surface area (Å²) in [6.45, 7) is 5.22. The average Bonchev–Trinajstić information content (AvgIpc) is 2.64. The van der Waals surface area contributed by atoms with Crippen LogP contribution in [0.3, 0.4) is 0 Å². The number of aryl methyl sites for hydroxylation is 3. The molecule has 0 aliphatic rings. The first-order valence-electron chi connectivity index (χ1n) is 6.57. The number of halogens is 1. The number of nitrogens with one attached hydrogen (secondary N) is 1. The third-order valence-corrected chi connectivity index (χ3v) is 3.70. The van der Waals surface area contributed by atoms with Crippen molar-refractivity contribution >= 4 is 11.6 Å². The van der Waals surface area contributed by atoms with Gasteiger partial charge in [-0.3, -0.25) is 4.68 Å². The summed E-state index contributed by atoms with van der Waals surface area (Å²) in [5.74, 6) is 0.879. The second kappa shape index (κ2) is 6.29. The van der Waals surface area contributed by atoms with Gasteiger partial charge in [-0.2, -0.15) is 5.10 Å². The summed E-state index contributed by atoms with van der Waals surface area (Å²) < 4.78 is 7.59. The number of ether oxygens (including phenoxy) is 1. The zero-order chi connectivity index (χ0) is 14.7. The number of aromatic nitrogens is 2. The molecule has 2 aromatic rings. The summed E-state index contributed by atoms with van der Waals surface area (Å²) in [5, 5.41) is 8.07. The monoisotopic (exact) mass is 293 g/mol. The molecule has 1 aromatic heterocycles. The Morgan fingerprint density at radius 2 is 2.10 bits per heavy atom. The lowest BCUT2D eigenvalue weighted by molar-refractivity contribution is 0.301. The van der Waals surface area contributed by atoms with Gasteiger partial charge in [-0.05, 0) is 27.0 Å². The molecule has 0 fully saturated rings. The molecule has 0 aliphatic heterocycles. The van der Waals surface area contributed by atoms with Crippen LogP contribution in [0.4, 0.5) is 0 Å². The van der Waals surface area contributed by atoms with E-state index in [-0.39, 0.29) is 0 Å². The van der Waals surface area contributed by atoms with Gasteiger partial charge in [0.1, 0.15) is 17.5 Å². The Bertz CT molecular complexity index is 607. The van der Waals surface area contributed by atoms with E-state index in [4.69, 9.17) is 16.3 Å². The molecule has 5 heteroatoms. The van der Waals surface area contributed by atoms with Crippen molar-refractivity contribution in [3.63, 3.8) is 0 Å². The van der Waals surface area contributed by atoms with Crippen LogP contribution in [-0.2, 0) is 20.2 Å². The van der Waals surface area contributed by atoms with Gasteiger partial charge in [0.15, 0.2) is 0 Å². The minimum atomic E-state index is 0.429. The molecule has 1 aromatic carbocycles. The minimum Gasteiger partial charge on any atom is -0.488 e. The van der Waals surface area contributed by atoms with Gasteiger partial charge in [0.25, 0.3) is 0 Å². The van der Waals surface area contributed by atoms with Crippen molar-refractivity contribution in [2.75, 3.05) is 7.05 Å². The van der Waals surface area contributed by atoms with E-state index in [0.29, 0.717) is 11.8 Å². The fourth-order valence-electron chi connectivity index (χ4n) is 2.17. The summed E-state index contributed by atoms with van der Waals surface area (Å²) in [4.78, 5) is 0. The van der Waals surface area contributed by atoms with E-state index in [2.05, 4.69) is 23.4 Å². The van der Waals surface area contributed by atoms with Crippen molar-refractivity contribution in [1.82, 2.24) is 15.1 Å². The predicted molar refractivity (Wildman–Crippen MR) is 81.2 cm³/mol. The van der Waals surface area contributed by atoms with Crippen molar-refractivity contribution in [3.8, 4) is 5.75 Å². The van der Waals surface area contributed by atoms with Crippen LogP contribution in [0, 0.1) is 13.8 Å². The molecule has 20 heavy (non-hydrogen) atoms. The lowest BCUT2D eigenvalue weighted by atomic mass is 10.1. The second-order valence-electron chi connectivity index (χ2n) is 4.91. The molecule has 2 rings (SSSR count). The highest BCUT2D eigenvalue weighted by Gasteiger charge is 2.12. The first kappa shape index (κ1) is 14.9. The Hall–Kier alpha value is -1.52. The molecular weight excluding hydrogens is 274 g/mol. The van der Waals surface area contributed by atoms with E-state index in [0.717, 1.165) is 29.1 Å². The van der Waals surface area contributed by atoms with Gasteiger partial charge in [0, 0.05) is 24.7 Å². The highest BCUT2D eigenvalue weighted by atomic mass is 35.5. The molecular formula is C15H20ClN3O. The standard InChI is InChI=1S/C15H20ClN3O/c1-10-5-6-14(12(7-10)8-17-3)20-9-13-11(2)18-19(4)15(13)16/h5-7,17H,8-9H2,1-4H3. The van der Waals surface area contributed by atoms with Gasteiger partial charge in [0.2, 0.25) is 0 Å². The topological polar surface area (TPSA) is 39.1 Å². The minimum absolute atomic E-state index is 0.429. The highest BCUT2D eigenvalue weighted by Crippen LogP contribution is 2.24. The Labute approximate surface area is 124 Å². The van der Waals surface area contributed by atoms with Gasteiger partial charge >= 0.3 is 0 Å². The van der Waals surface area contributed by atoms with Crippen LogP contribution in [0.1, 0.15) is 22.4 Å². The van der Waals surface area contributed by atoms with E-state index in [1.54, 1.807) is 4.68 Å². The van der Waals surface area contributed by atoms with Gasteiger partial charge < -0.3 is 10.1 Å². The lowest BCUT2D eigenvalue weighted by Crippen LogP contribution is -2.08. The molecule has 0 radical (unpaired) electrons. The number of nitrogens with zero attached hydrogens (tertiary/aromatic N) is 2. The zero-order valence-electron chi connectivity index (χ0n) is 12.3. The van der Waals surface area contributed by atoms with Crippen molar-refractivity contribution in [2.45, 2.75) is 27.0 Å². The smallest absolute Gasteiger partial charge is 0.133 e. The number of rotatable bonds is 5. The molecule has 0 saturated heterocycles. The Kier molecular flexibility index (Phi) is 4.68. The summed E-state index contributed by atoms with van der Waals surface area (Å²) >= 11 is 6.21. The maximum atomic E-state index is 6.21. The van der Waals surface area contributed by atoms with Crippen molar-refractivity contribution in [3.05, 3.63) is 45.7 Å². The van der Waals surface area contributed by atoms with E-state index in [1.165, 1.54) is 5.56 Å². The van der Waals surface area contributed by atoms with Gasteiger partial charge in [0.05, 0.1) is 5.69 Å². The fraction of sp³-hybridized carbons (Fsp3) is 0.400. The van der Waals surface area contributed by atoms with Crippen LogP contribution in [0.2, 0.25) is 5.15 Å². The molecule has 108 valence electrons. The normalized spacial score (nSPS) is 10.8. The Morgan fingerprint density at radius 3 is 2.70 bits per heavy atom. The van der Waals surface area contributed by atoms with Crippen molar-refractivity contribution in [1.29, 1.82) is 0 Å². The molecule has 1 heterocycles. The Morgan fingerprint density at radius 1 is 1.35 bits per heavy atom. The van der Waals surface area contributed by atoms with Crippen LogP contribution in [0.5, 0.6) is 5.75 Å². The lowest BCUT2D eigenvalue weighted by Gasteiger charge is -2.12. The predicted octanol–water partition coefficient (Wildman–Crippen LogP) is 2.99. The fourth-order valence-corrected chi connectivity index (χ4v) is 2.39. The van der Waals surface area contributed by atoms with Crippen LogP contribution in [0.25, 0.3) is 0 Å². The molecule has 0 amide bonds. The first-order valence-corrected chi connectivity index (χ1v) is 6.95. The molecule has 4 nitrogen and oxygen atoms in total. The molecule has 0 saturated carbocycles. The van der Waals surface area contributed by atoms with Crippen LogP contribution in [-0.4, -0.2) is 16.8 Å². The second-order valence-corrected chi connectivity index (χ2v) is 5.27. The summed E-state index contributed by atoms with van der Waals surface area (Å²) in [5.41, 5.74) is 4.20. The number of hydrogen-bond donors (Lipinski definition) is 1. The van der Waals surface area contributed by atoms with E-state index >= 15 is 0 Å². The highest BCUT2D eigenvalue weighted by molar-refractivity contribution is 6.30. The Balaban J connectivity index is 2.18. The maximum absolute atomic E-state index is 6.21. The third kappa shape index (κ3) is 3.14. The number of hydrogen-bond acceptors (Lipinski definition) is 3. The van der Waals surface area contributed by atoms with Gasteiger partial charge in [-0.1, -0.05) is 29.3 Å². The van der Waals surface area contributed by atoms with E-state index in [9.17, 15) is 0 Å². The van der Waals surface area contributed by atoms with E-state index in [1.807, 2.05) is 33.2 Å². The maximum Gasteiger partial charge on any atom is 0.133 e. The SMILES string of the molecule is CNCc1cc(C)ccc1OCc1c(C)nn(C)c1Cl. The largest absolute Gasteiger partial charge is 0.488 e. The third-order valence-electron chi connectivity index (χ3n) is 3.23. The number of benzene rings is 1. The van der Waals surface area contributed by atoms with Crippen molar-refractivity contribution < 1.29 is 4.74 Å². The molecule has 0 unspecified atom stereocenters. The quantitative estimate of drug-likeness (QED) is 0.921. The van der Waals surface area contributed by atoms with Gasteiger partial charge in [-0.15, -0.1) is 0 Å². The molecule has 0 bridgehead atoms. The summed E-state index contributed by atoms with van der Waals surface area (Å²) in [7, 11) is 3.76. The zero-order valence-corrected chi connectivity index (χ0v) is 13.1. The molecule has 0 atom stereocenters. The van der Waals surface area contributed by atoms with Gasteiger partial charge in [-0.25, -0.2) is 0 Å². The molecule has 0 spiro atoms. The van der Waals surface area contributed by atoms with Crippen LogP contribution < -0.4 is 10.1 Å².